The second-order valence-corrected chi connectivity index (χ2v) is 16.6. The molecule has 0 fully saturated rings. The SMILES string of the molecule is Cc1cc([S+](c2ccc(C(C)(C)C)cc2)c2ccc(C(C)(C)C)cc2)cc(C)c1OS(=O)(=O)C(F)(F)C(F)(F)C(F)(F)C(F)(F)F. The van der Waals surface area contributed by atoms with Crippen molar-refractivity contribution in [2.24, 2.45) is 0 Å². The van der Waals surface area contributed by atoms with Crippen LogP contribution < -0.4 is 4.18 Å². The summed E-state index contributed by atoms with van der Waals surface area (Å²) in [5, 5.41) is -6.97. The molecule has 3 aromatic rings. The van der Waals surface area contributed by atoms with Crippen LogP contribution >= 0.6 is 0 Å². The van der Waals surface area contributed by atoms with Gasteiger partial charge in [0.25, 0.3) is 0 Å². The van der Waals surface area contributed by atoms with Gasteiger partial charge in [-0.15, -0.1) is 0 Å². The summed E-state index contributed by atoms with van der Waals surface area (Å²) in [6.07, 6.45) is -7.19. The van der Waals surface area contributed by atoms with Gasteiger partial charge in [0.2, 0.25) is 0 Å². The van der Waals surface area contributed by atoms with Crippen molar-refractivity contribution in [1.29, 1.82) is 0 Å². The van der Waals surface area contributed by atoms with Crippen LogP contribution in [0.15, 0.2) is 75.4 Å². The number of benzene rings is 3. The Kier molecular flexibility index (Phi) is 9.79. The summed E-state index contributed by atoms with van der Waals surface area (Å²) in [5.41, 5.74) is 1.42. The lowest BCUT2D eigenvalue weighted by Crippen LogP contribution is -2.63. The van der Waals surface area contributed by atoms with E-state index in [4.69, 9.17) is 0 Å². The number of aryl methyl sites for hydroxylation is 2. The van der Waals surface area contributed by atoms with Crippen LogP contribution in [0.25, 0.3) is 0 Å². The van der Waals surface area contributed by atoms with Crippen molar-refractivity contribution < 1.29 is 52.1 Å². The third-order valence-corrected chi connectivity index (χ3v) is 10.7. The molecular weight excluding hydrogens is 667 g/mol. The summed E-state index contributed by atoms with van der Waals surface area (Å²) < 4.78 is 150. The predicted octanol–water partition coefficient (Wildman–Crippen LogP) is 10.1. The minimum Gasteiger partial charge on any atom is -0.377 e. The number of halogens is 9. The van der Waals surface area contributed by atoms with Crippen LogP contribution in [0.3, 0.4) is 0 Å². The predicted molar refractivity (Wildman–Crippen MR) is 159 cm³/mol. The molecule has 0 atom stereocenters. The van der Waals surface area contributed by atoms with Crippen LogP contribution in [-0.2, 0) is 31.8 Å². The van der Waals surface area contributed by atoms with Crippen LogP contribution in [0.2, 0.25) is 0 Å². The smallest absolute Gasteiger partial charge is 0.377 e. The van der Waals surface area contributed by atoms with E-state index in [1.54, 1.807) is 0 Å². The molecule has 3 rings (SSSR count). The van der Waals surface area contributed by atoms with Gasteiger partial charge in [0.1, 0.15) is 5.75 Å². The largest absolute Gasteiger partial charge is 0.460 e. The van der Waals surface area contributed by atoms with Gasteiger partial charge in [0.15, 0.2) is 14.7 Å². The molecule has 0 aromatic heterocycles. The van der Waals surface area contributed by atoms with Gasteiger partial charge in [-0.1, -0.05) is 65.8 Å². The molecule has 46 heavy (non-hydrogen) atoms. The molecule has 3 nitrogen and oxygen atoms in total. The zero-order valence-corrected chi connectivity index (χ0v) is 27.8. The zero-order valence-electron chi connectivity index (χ0n) is 26.2. The van der Waals surface area contributed by atoms with Gasteiger partial charge >= 0.3 is 33.4 Å². The third-order valence-electron chi connectivity index (χ3n) is 7.20. The van der Waals surface area contributed by atoms with E-state index >= 15 is 0 Å². The topological polar surface area (TPSA) is 43.4 Å². The molecule has 0 saturated heterocycles. The molecule has 0 unspecified atom stereocenters. The molecule has 0 N–H and O–H groups in total. The van der Waals surface area contributed by atoms with E-state index in [9.17, 15) is 47.9 Å². The van der Waals surface area contributed by atoms with Gasteiger partial charge < -0.3 is 4.18 Å². The maximum absolute atomic E-state index is 14.4. The first-order valence-corrected chi connectivity index (χ1v) is 16.4. The summed E-state index contributed by atoms with van der Waals surface area (Å²) in [6, 6.07) is 18.1. The third kappa shape index (κ3) is 6.88. The minimum absolute atomic E-state index is 0.161. The Morgan fingerprint density at radius 3 is 1.22 bits per heavy atom. The van der Waals surface area contributed by atoms with Gasteiger partial charge in [-0.05, 0) is 71.2 Å². The number of hydrogen-bond acceptors (Lipinski definition) is 3. The molecule has 3 aromatic carbocycles. The van der Waals surface area contributed by atoms with Crippen molar-refractivity contribution in [1.82, 2.24) is 0 Å². The highest BCUT2D eigenvalue weighted by Crippen LogP contribution is 2.55. The van der Waals surface area contributed by atoms with Crippen LogP contribution in [0, 0.1) is 13.8 Å². The fraction of sp³-hybridized carbons (Fsp3) is 0.438. The van der Waals surface area contributed by atoms with E-state index in [1.807, 2.05) is 90.1 Å². The molecule has 0 saturated carbocycles. The Hall–Kier alpha value is -2.87. The van der Waals surface area contributed by atoms with Crippen molar-refractivity contribution in [2.45, 2.75) is 104 Å². The van der Waals surface area contributed by atoms with Crippen molar-refractivity contribution in [3.63, 3.8) is 0 Å². The fourth-order valence-corrected chi connectivity index (χ4v) is 7.68. The van der Waals surface area contributed by atoms with E-state index in [-0.39, 0.29) is 22.0 Å². The second-order valence-electron chi connectivity index (χ2n) is 12.9. The highest BCUT2D eigenvalue weighted by atomic mass is 32.2. The number of alkyl halides is 9. The summed E-state index contributed by atoms with van der Waals surface area (Å²) >= 11 is 0. The van der Waals surface area contributed by atoms with Crippen molar-refractivity contribution in [2.75, 3.05) is 0 Å². The highest BCUT2D eigenvalue weighted by Gasteiger charge is 2.86. The van der Waals surface area contributed by atoms with E-state index in [0.717, 1.165) is 20.9 Å². The molecule has 0 aliphatic carbocycles. The first-order chi connectivity index (χ1) is 20.6. The summed E-state index contributed by atoms with van der Waals surface area (Å²) in [5.74, 6) is -15.7. The van der Waals surface area contributed by atoms with E-state index in [2.05, 4.69) is 4.18 Å². The second kappa shape index (κ2) is 12.0. The Morgan fingerprint density at radius 1 is 0.565 bits per heavy atom. The van der Waals surface area contributed by atoms with Crippen molar-refractivity contribution >= 4 is 21.0 Å². The molecule has 0 radical (unpaired) electrons. The van der Waals surface area contributed by atoms with Crippen LogP contribution in [-0.4, -0.2) is 31.7 Å². The fourth-order valence-electron chi connectivity index (χ4n) is 4.43. The Bertz CT molecular complexity index is 1590. The average molecular weight is 702 g/mol. The molecule has 0 spiro atoms. The number of rotatable bonds is 8. The lowest BCUT2D eigenvalue weighted by molar-refractivity contribution is -0.382. The normalized spacial score (nSPS) is 14.1. The molecule has 0 aliphatic rings. The van der Waals surface area contributed by atoms with Gasteiger partial charge in [0, 0.05) is 12.1 Å². The van der Waals surface area contributed by atoms with Crippen molar-refractivity contribution in [3.05, 3.63) is 82.9 Å². The summed E-state index contributed by atoms with van der Waals surface area (Å²) in [4.78, 5) is 2.17. The Labute approximate surface area is 265 Å². The summed E-state index contributed by atoms with van der Waals surface area (Å²) in [7, 11) is -7.98. The Morgan fingerprint density at radius 2 is 0.913 bits per heavy atom. The van der Waals surface area contributed by atoms with E-state index in [0.29, 0.717) is 4.90 Å². The van der Waals surface area contributed by atoms with Gasteiger partial charge in [-0.2, -0.15) is 47.9 Å². The molecule has 0 bridgehead atoms. The van der Waals surface area contributed by atoms with Gasteiger partial charge in [-0.3, -0.25) is 0 Å². The standard InChI is InChI=1S/C32H34F9O3S2/c1-19-17-25(18-20(2)26(19)44-46(42,43)32(40,41)30(35,36)29(33,34)31(37,38)39)45(23-13-9-21(10-14-23)27(3,4)5)24-15-11-22(12-16-24)28(6,7)8/h9-18H,1-8H3/q+1. The van der Waals surface area contributed by atoms with Crippen LogP contribution in [0.5, 0.6) is 5.75 Å². The monoisotopic (exact) mass is 701 g/mol. The first kappa shape index (κ1) is 37.6. The molecular formula is C32H34F9O3S2+. The minimum atomic E-state index is -7.40. The zero-order chi connectivity index (χ0) is 35.5. The van der Waals surface area contributed by atoms with Crippen LogP contribution in [0.1, 0.15) is 63.8 Å². The van der Waals surface area contributed by atoms with Gasteiger partial charge in [-0.25, -0.2) is 0 Å². The molecule has 254 valence electrons. The van der Waals surface area contributed by atoms with E-state index < -0.39 is 50.0 Å². The maximum atomic E-state index is 14.4. The van der Waals surface area contributed by atoms with Crippen molar-refractivity contribution in [3.8, 4) is 5.75 Å². The van der Waals surface area contributed by atoms with Gasteiger partial charge in [0.05, 0.1) is 10.9 Å². The summed E-state index contributed by atoms with van der Waals surface area (Å²) in [6.45, 7) is 14.6. The van der Waals surface area contributed by atoms with Crippen LogP contribution in [0.4, 0.5) is 39.5 Å². The molecule has 0 amide bonds. The maximum Gasteiger partial charge on any atom is 0.460 e. The Balaban J connectivity index is 2.14. The lowest BCUT2D eigenvalue weighted by atomic mass is 9.87. The molecule has 0 aliphatic heterocycles. The van der Waals surface area contributed by atoms with E-state index in [1.165, 1.54) is 26.0 Å². The highest BCUT2D eigenvalue weighted by molar-refractivity contribution is 7.97. The first-order valence-electron chi connectivity index (χ1n) is 13.8. The molecule has 14 heteroatoms. The quantitative estimate of drug-likeness (QED) is 0.133. The average Bonchev–Trinajstić information content (AvgIpc) is 2.89. The molecule has 0 heterocycles. The number of hydrogen-bond donors (Lipinski definition) is 0. The lowest BCUT2D eigenvalue weighted by Gasteiger charge is -2.32.